The van der Waals surface area contributed by atoms with Gasteiger partial charge >= 0.3 is 0 Å². The first-order valence-electron chi connectivity index (χ1n) is 6.71. The maximum Gasteiger partial charge on any atom is 0.123 e. The van der Waals surface area contributed by atoms with Crippen LogP contribution in [-0.4, -0.2) is 6.10 Å². The first-order chi connectivity index (χ1) is 8.56. The Bertz CT molecular complexity index is 407. The molecule has 2 N–H and O–H groups in total. The summed E-state index contributed by atoms with van der Waals surface area (Å²) in [5.41, 5.74) is 7.16. The van der Waals surface area contributed by atoms with E-state index in [4.69, 9.17) is 10.5 Å². The lowest BCUT2D eigenvalue weighted by Gasteiger charge is -2.32. The van der Waals surface area contributed by atoms with Crippen LogP contribution in [0.25, 0.3) is 0 Å². The molecule has 0 amide bonds. The Balaban J connectivity index is 1.90. The van der Waals surface area contributed by atoms with E-state index < -0.39 is 0 Å². The molecule has 3 atom stereocenters. The van der Waals surface area contributed by atoms with E-state index in [-0.39, 0.29) is 5.82 Å². The maximum atomic E-state index is 13.1. The van der Waals surface area contributed by atoms with Gasteiger partial charge in [-0.1, -0.05) is 13.8 Å². The van der Waals surface area contributed by atoms with Crippen molar-refractivity contribution in [3.63, 3.8) is 0 Å². The van der Waals surface area contributed by atoms with Crippen molar-refractivity contribution in [2.75, 3.05) is 5.73 Å². The fraction of sp³-hybridized carbons (Fsp3) is 0.600. The highest BCUT2D eigenvalue weighted by atomic mass is 19.1. The van der Waals surface area contributed by atoms with E-state index >= 15 is 0 Å². The van der Waals surface area contributed by atoms with Crippen LogP contribution in [0, 0.1) is 17.7 Å². The van der Waals surface area contributed by atoms with Crippen LogP contribution in [0.15, 0.2) is 18.2 Å². The number of anilines is 1. The van der Waals surface area contributed by atoms with Crippen molar-refractivity contribution in [1.82, 2.24) is 0 Å². The molecule has 1 aromatic rings. The molecule has 1 aliphatic rings. The molecule has 18 heavy (non-hydrogen) atoms. The number of rotatable bonds is 3. The van der Waals surface area contributed by atoms with Gasteiger partial charge in [0, 0.05) is 11.3 Å². The van der Waals surface area contributed by atoms with Gasteiger partial charge in [0.25, 0.3) is 0 Å². The second-order valence-electron chi connectivity index (χ2n) is 5.54. The summed E-state index contributed by atoms with van der Waals surface area (Å²) in [5, 5.41) is 0. The number of ether oxygens (including phenoxy) is 1. The molecule has 0 bridgehead atoms. The van der Waals surface area contributed by atoms with Crippen molar-refractivity contribution in [3.05, 3.63) is 29.6 Å². The Kier molecular flexibility index (Phi) is 4.23. The normalized spacial score (nSPS) is 28.3. The zero-order valence-electron chi connectivity index (χ0n) is 11.2. The third-order valence-electron chi connectivity index (χ3n) is 4.13. The molecular formula is C15H22FNO. The van der Waals surface area contributed by atoms with Crippen molar-refractivity contribution in [2.45, 2.75) is 45.8 Å². The highest BCUT2D eigenvalue weighted by molar-refractivity contribution is 5.46. The first kappa shape index (κ1) is 13.3. The third-order valence-corrected chi connectivity index (χ3v) is 4.13. The summed E-state index contributed by atoms with van der Waals surface area (Å²) in [7, 11) is 0. The van der Waals surface area contributed by atoms with E-state index in [9.17, 15) is 4.39 Å². The van der Waals surface area contributed by atoms with Gasteiger partial charge in [0.2, 0.25) is 0 Å². The number of halogens is 1. The van der Waals surface area contributed by atoms with Gasteiger partial charge in [0.05, 0.1) is 12.7 Å². The standard InChI is InChI=1S/C15H22FNO/c1-10-3-5-14(7-11(10)2)18-9-12-8-13(16)4-6-15(12)17/h4,6,8,10-11,14H,3,5,7,9,17H2,1-2H3. The molecule has 0 aromatic heterocycles. The van der Waals surface area contributed by atoms with Crippen LogP contribution in [0.5, 0.6) is 0 Å². The fourth-order valence-electron chi connectivity index (χ4n) is 2.56. The predicted octanol–water partition coefficient (Wildman–Crippen LogP) is 3.75. The summed E-state index contributed by atoms with van der Waals surface area (Å²) in [5.74, 6) is 1.23. The topological polar surface area (TPSA) is 35.2 Å². The molecule has 3 heteroatoms. The van der Waals surface area contributed by atoms with Crippen molar-refractivity contribution in [2.24, 2.45) is 11.8 Å². The Morgan fingerprint density at radius 1 is 1.28 bits per heavy atom. The maximum absolute atomic E-state index is 13.1. The van der Waals surface area contributed by atoms with Crippen LogP contribution >= 0.6 is 0 Å². The number of nitrogen functional groups attached to an aromatic ring is 1. The smallest absolute Gasteiger partial charge is 0.123 e. The van der Waals surface area contributed by atoms with Crippen LogP contribution in [0.4, 0.5) is 10.1 Å². The molecule has 0 saturated heterocycles. The van der Waals surface area contributed by atoms with Crippen molar-refractivity contribution >= 4 is 5.69 Å². The lowest BCUT2D eigenvalue weighted by Crippen LogP contribution is -2.26. The number of hydrogen-bond acceptors (Lipinski definition) is 2. The fourth-order valence-corrected chi connectivity index (χ4v) is 2.56. The second-order valence-corrected chi connectivity index (χ2v) is 5.54. The van der Waals surface area contributed by atoms with Gasteiger partial charge in [-0.3, -0.25) is 0 Å². The van der Waals surface area contributed by atoms with Gasteiger partial charge < -0.3 is 10.5 Å². The van der Waals surface area contributed by atoms with Crippen LogP contribution < -0.4 is 5.73 Å². The van der Waals surface area contributed by atoms with Gasteiger partial charge in [-0.2, -0.15) is 0 Å². The molecule has 0 radical (unpaired) electrons. The quantitative estimate of drug-likeness (QED) is 0.830. The molecule has 2 nitrogen and oxygen atoms in total. The average molecular weight is 251 g/mol. The van der Waals surface area contributed by atoms with Crippen LogP contribution in [0.1, 0.15) is 38.7 Å². The Labute approximate surface area is 108 Å². The number of nitrogens with two attached hydrogens (primary N) is 1. The lowest BCUT2D eigenvalue weighted by atomic mass is 9.80. The molecule has 3 unspecified atom stereocenters. The van der Waals surface area contributed by atoms with Crippen LogP contribution in [-0.2, 0) is 11.3 Å². The molecular weight excluding hydrogens is 229 g/mol. The molecule has 100 valence electrons. The Morgan fingerprint density at radius 3 is 2.78 bits per heavy atom. The number of benzene rings is 1. The summed E-state index contributed by atoms with van der Waals surface area (Å²) in [4.78, 5) is 0. The van der Waals surface area contributed by atoms with Gasteiger partial charge in [-0.25, -0.2) is 4.39 Å². The SMILES string of the molecule is CC1CCC(OCc2cc(F)ccc2N)CC1C. The zero-order chi connectivity index (χ0) is 13.1. The minimum atomic E-state index is -0.256. The summed E-state index contributed by atoms with van der Waals surface area (Å²) in [6.07, 6.45) is 3.69. The molecule has 1 aromatic carbocycles. The predicted molar refractivity (Wildman–Crippen MR) is 71.6 cm³/mol. The summed E-state index contributed by atoms with van der Waals surface area (Å²) in [6, 6.07) is 4.44. The minimum Gasteiger partial charge on any atom is -0.398 e. The first-order valence-corrected chi connectivity index (χ1v) is 6.71. The number of hydrogen-bond donors (Lipinski definition) is 1. The van der Waals surface area contributed by atoms with Gasteiger partial charge in [-0.15, -0.1) is 0 Å². The van der Waals surface area contributed by atoms with E-state index in [1.54, 1.807) is 6.07 Å². The van der Waals surface area contributed by atoms with Crippen LogP contribution in [0.3, 0.4) is 0 Å². The molecule has 1 saturated carbocycles. The zero-order valence-corrected chi connectivity index (χ0v) is 11.2. The molecule has 0 heterocycles. The van der Waals surface area contributed by atoms with Crippen LogP contribution in [0.2, 0.25) is 0 Å². The summed E-state index contributed by atoms with van der Waals surface area (Å²) < 4.78 is 19.0. The van der Waals surface area contributed by atoms with Gasteiger partial charge in [0.1, 0.15) is 5.82 Å². The Morgan fingerprint density at radius 2 is 2.06 bits per heavy atom. The van der Waals surface area contributed by atoms with E-state index in [2.05, 4.69) is 13.8 Å². The Hall–Kier alpha value is -1.09. The lowest BCUT2D eigenvalue weighted by molar-refractivity contribution is -0.00730. The molecule has 0 spiro atoms. The molecule has 1 fully saturated rings. The average Bonchev–Trinajstić information content (AvgIpc) is 2.34. The summed E-state index contributed by atoms with van der Waals surface area (Å²) >= 11 is 0. The summed E-state index contributed by atoms with van der Waals surface area (Å²) in [6.45, 7) is 4.98. The van der Waals surface area contributed by atoms with Crippen molar-refractivity contribution in [1.29, 1.82) is 0 Å². The highest BCUT2D eigenvalue weighted by Gasteiger charge is 2.25. The minimum absolute atomic E-state index is 0.256. The van der Waals surface area contributed by atoms with Gasteiger partial charge in [-0.05, 0) is 49.3 Å². The van der Waals surface area contributed by atoms with E-state index in [0.29, 0.717) is 24.3 Å². The van der Waals surface area contributed by atoms with Gasteiger partial charge in [0.15, 0.2) is 0 Å². The monoisotopic (exact) mass is 251 g/mol. The van der Waals surface area contributed by atoms with Crippen molar-refractivity contribution < 1.29 is 9.13 Å². The molecule has 0 aliphatic heterocycles. The molecule has 2 rings (SSSR count). The third kappa shape index (κ3) is 3.22. The largest absolute Gasteiger partial charge is 0.398 e. The van der Waals surface area contributed by atoms with E-state index in [0.717, 1.165) is 24.3 Å². The van der Waals surface area contributed by atoms with E-state index in [1.165, 1.54) is 18.6 Å². The highest BCUT2D eigenvalue weighted by Crippen LogP contribution is 2.31. The van der Waals surface area contributed by atoms with E-state index in [1.807, 2.05) is 0 Å². The van der Waals surface area contributed by atoms with Crippen molar-refractivity contribution in [3.8, 4) is 0 Å². The second kappa shape index (κ2) is 5.70. The molecule has 1 aliphatic carbocycles.